The zero-order valence-electron chi connectivity index (χ0n) is 14.6. The van der Waals surface area contributed by atoms with Crippen LogP contribution in [0.2, 0.25) is 17.1 Å². The molecule has 0 heterocycles. The number of rotatable bonds is 9. The highest BCUT2D eigenvalue weighted by Gasteiger charge is 2.48. The molecule has 0 radical (unpaired) electrons. The summed E-state index contributed by atoms with van der Waals surface area (Å²) in [4.78, 5) is 0. The van der Waals surface area contributed by atoms with Gasteiger partial charge in [0.1, 0.15) is 0 Å². The molecule has 0 unspecified atom stereocenters. The summed E-state index contributed by atoms with van der Waals surface area (Å²) >= 11 is 0. The molecule has 0 aliphatic carbocycles. The molecule has 0 saturated heterocycles. The third-order valence-corrected chi connectivity index (χ3v) is 10.7. The van der Waals surface area contributed by atoms with Gasteiger partial charge in [-0.05, 0) is 35.9 Å². The van der Waals surface area contributed by atoms with Gasteiger partial charge in [-0.3, -0.25) is 0 Å². The van der Waals surface area contributed by atoms with Crippen LogP contribution in [0.4, 0.5) is 0 Å². The Labute approximate surface area is 123 Å². The van der Waals surface area contributed by atoms with Gasteiger partial charge in [0.25, 0.3) is 0 Å². The maximum absolute atomic E-state index is 6.61. The van der Waals surface area contributed by atoms with Crippen LogP contribution in [0.1, 0.15) is 61.8 Å². The van der Waals surface area contributed by atoms with Crippen molar-refractivity contribution in [1.82, 2.24) is 0 Å². The number of hydrogen-bond acceptors (Lipinski definition) is 1. The molecule has 0 amide bonds. The van der Waals surface area contributed by atoms with Crippen LogP contribution in [0.3, 0.4) is 0 Å². The van der Waals surface area contributed by atoms with Crippen LogP contribution in [-0.2, 0) is 4.43 Å². The molecule has 0 aliphatic heterocycles. The lowest BCUT2D eigenvalue weighted by Gasteiger charge is -2.46. The van der Waals surface area contributed by atoms with E-state index in [-0.39, 0.29) is 0 Å². The minimum atomic E-state index is -1.77. The maximum Gasteiger partial charge on any atom is 0.199 e. The van der Waals surface area contributed by atoms with E-state index in [1.54, 1.807) is 0 Å². The standard InChI is InChI=1S/C17H36OSi/c1-10-17(8,9)19(12-15(4)5,13-16(6)7)18-11-14(2)3/h15-16H,2,10-13H2,1,3-9H3. The fourth-order valence-corrected chi connectivity index (χ4v) is 8.55. The summed E-state index contributed by atoms with van der Waals surface area (Å²) in [5, 5.41) is 0.330. The Bertz CT molecular complexity index is 269. The fourth-order valence-electron chi connectivity index (χ4n) is 2.85. The molecule has 0 saturated carbocycles. The average molecular weight is 285 g/mol. The summed E-state index contributed by atoms with van der Waals surface area (Å²) in [6.45, 7) is 23.3. The first-order valence-corrected chi connectivity index (χ1v) is 10.2. The molecule has 0 atom stereocenters. The van der Waals surface area contributed by atoms with Crippen LogP contribution in [-0.4, -0.2) is 14.9 Å². The van der Waals surface area contributed by atoms with E-state index in [9.17, 15) is 0 Å². The Hall–Kier alpha value is -0.0831. The Morgan fingerprint density at radius 3 is 1.79 bits per heavy atom. The molecule has 0 aromatic carbocycles. The van der Waals surface area contributed by atoms with Gasteiger partial charge in [0, 0.05) is 0 Å². The van der Waals surface area contributed by atoms with Gasteiger partial charge < -0.3 is 4.43 Å². The zero-order valence-corrected chi connectivity index (χ0v) is 15.6. The van der Waals surface area contributed by atoms with Crippen molar-refractivity contribution in [2.75, 3.05) is 6.61 Å². The third-order valence-electron chi connectivity index (χ3n) is 4.19. The average Bonchev–Trinajstić information content (AvgIpc) is 2.24. The topological polar surface area (TPSA) is 9.23 Å². The molecule has 2 heteroatoms. The van der Waals surface area contributed by atoms with E-state index in [0.29, 0.717) is 16.9 Å². The largest absolute Gasteiger partial charge is 0.412 e. The highest BCUT2D eigenvalue weighted by atomic mass is 28.4. The first kappa shape index (κ1) is 18.9. The van der Waals surface area contributed by atoms with Crippen molar-refractivity contribution in [3.63, 3.8) is 0 Å². The molecule has 0 N–H and O–H groups in total. The van der Waals surface area contributed by atoms with Crippen molar-refractivity contribution in [1.29, 1.82) is 0 Å². The van der Waals surface area contributed by atoms with Crippen LogP contribution in [0.5, 0.6) is 0 Å². The predicted octanol–water partition coefficient (Wildman–Crippen LogP) is 6.03. The van der Waals surface area contributed by atoms with Crippen molar-refractivity contribution in [3.05, 3.63) is 12.2 Å². The summed E-state index contributed by atoms with van der Waals surface area (Å²) in [5.41, 5.74) is 1.15. The van der Waals surface area contributed by atoms with Gasteiger partial charge in [-0.25, -0.2) is 0 Å². The monoisotopic (exact) mass is 284 g/mol. The van der Waals surface area contributed by atoms with E-state index in [2.05, 4.69) is 62.0 Å². The van der Waals surface area contributed by atoms with Crippen molar-refractivity contribution >= 4 is 8.32 Å². The highest BCUT2D eigenvalue weighted by Crippen LogP contribution is 2.48. The van der Waals surface area contributed by atoms with Gasteiger partial charge in [-0.15, -0.1) is 0 Å². The van der Waals surface area contributed by atoms with E-state index in [4.69, 9.17) is 4.43 Å². The molecular weight excluding hydrogens is 248 g/mol. The van der Waals surface area contributed by atoms with Gasteiger partial charge in [0.05, 0.1) is 6.61 Å². The Morgan fingerprint density at radius 1 is 1.11 bits per heavy atom. The van der Waals surface area contributed by atoms with Gasteiger partial charge in [0.15, 0.2) is 8.32 Å². The smallest absolute Gasteiger partial charge is 0.199 e. The normalized spacial score (nSPS) is 13.4. The molecule has 0 spiro atoms. The van der Waals surface area contributed by atoms with E-state index in [1.807, 2.05) is 0 Å². The van der Waals surface area contributed by atoms with E-state index < -0.39 is 8.32 Å². The number of hydrogen-bond donors (Lipinski definition) is 0. The van der Waals surface area contributed by atoms with Crippen molar-refractivity contribution in [3.8, 4) is 0 Å². The minimum absolute atomic E-state index is 0.330. The second-order valence-corrected chi connectivity index (χ2v) is 12.1. The molecule has 114 valence electrons. The third kappa shape index (κ3) is 5.82. The Kier molecular flexibility index (Phi) is 7.60. The molecule has 0 aliphatic rings. The van der Waals surface area contributed by atoms with Crippen LogP contribution in [0, 0.1) is 11.8 Å². The lowest BCUT2D eigenvalue weighted by atomic mass is 10.1. The van der Waals surface area contributed by atoms with Crippen LogP contribution in [0.15, 0.2) is 12.2 Å². The van der Waals surface area contributed by atoms with Crippen LogP contribution in [0.25, 0.3) is 0 Å². The van der Waals surface area contributed by atoms with Crippen LogP contribution < -0.4 is 0 Å². The predicted molar refractivity (Wildman–Crippen MR) is 90.1 cm³/mol. The Morgan fingerprint density at radius 2 is 1.53 bits per heavy atom. The second-order valence-electron chi connectivity index (χ2n) is 7.67. The molecule has 0 aromatic heterocycles. The molecule has 0 bridgehead atoms. The molecular formula is C17H36OSi. The fraction of sp³-hybridized carbons (Fsp3) is 0.882. The molecule has 0 fully saturated rings. The summed E-state index contributed by atoms with van der Waals surface area (Å²) < 4.78 is 6.61. The molecule has 0 aromatic rings. The van der Waals surface area contributed by atoms with Gasteiger partial charge in [-0.2, -0.15) is 0 Å². The van der Waals surface area contributed by atoms with Crippen LogP contribution >= 0.6 is 0 Å². The minimum Gasteiger partial charge on any atom is -0.412 e. The molecule has 0 rings (SSSR count). The van der Waals surface area contributed by atoms with Crippen molar-refractivity contribution < 1.29 is 4.43 Å². The van der Waals surface area contributed by atoms with Gasteiger partial charge in [-0.1, -0.05) is 67.0 Å². The highest BCUT2D eigenvalue weighted by molar-refractivity contribution is 6.76. The SMILES string of the molecule is C=C(C)CO[Si](CC(C)C)(CC(C)C)C(C)(C)CC. The maximum atomic E-state index is 6.61. The first-order chi connectivity index (χ1) is 8.56. The first-order valence-electron chi connectivity index (χ1n) is 7.84. The van der Waals surface area contributed by atoms with Crippen molar-refractivity contribution in [2.24, 2.45) is 11.8 Å². The van der Waals surface area contributed by atoms with E-state index >= 15 is 0 Å². The van der Waals surface area contributed by atoms with E-state index in [1.165, 1.54) is 18.5 Å². The second kappa shape index (κ2) is 7.63. The lowest BCUT2D eigenvalue weighted by Crippen LogP contribution is -2.50. The Balaban J connectivity index is 5.36. The quantitative estimate of drug-likeness (QED) is 0.371. The van der Waals surface area contributed by atoms with E-state index in [0.717, 1.165) is 12.2 Å². The molecule has 19 heavy (non-hydrogen) atoms. The summed E-state index contributed by atoms with van der Waals surface area (Å²) in [6.07, 6.45) is 1.20. The summed E-state index contributed by atoms with van der Waals surface area (Å²) in [6, 6.07) is 2.53. The summed E-state index contributed by atoms with van der Waals surface area (Å²) in [7, 11) is -1.77. The van der Waals surface area contributed by atoms with Gasteiger partial charge in [0.2, 0.25) is 0 Å². The lowest BCUT2D eigenvalue weighted by molar-refractivity contribution is 0.288. The molecule has 1 nitrogen and oxygen atoms in total. The summed E-state index contributed by atoms with van der Waals surface area (Å²) in [5.74, 6) is 1.42. The zero-order chi connectivity index (χ0) is 15.3. The van der Waals surface area contributed by atoms with Gasteiger partial charge >= 0.3 is 0 Å². The van der Waals surface area contributed by atoms with Crippen molar-refractivity contribution in [2.45, 2.75) is 78.9 Å².